The molecule has 2 atom stereocenters. The second kappa shape index (κ2) is 5.98. The highest BCUT2D eigenvalue weighted by Gasteiger charge is 2.32. The average Bonchev–Trinajstić information content (AvgIpc) is 2.87. The number of aliphatic hydroxyl groups excluding tert-OH is 1. The Labute approximate surface area is 107 Å². The summed E-state index contributed by atoms with van der Waals surface area (Å²) in [4.78, 5) is 12.1. The maximum atomic E-state index is 12.1. The predicted octanol–water partition coefficient (Wildman–Crippen LogP) is 1.93. The maximum Gasteiger partial charge on any atom is 0.230 e. The zero-order chi connectivity index (χ0) is 13.0. The molecule has 0 saturated carbocycles. The number of hydrogen-bond donors (Lipinski definition) is 2. The fraction of sp³-hybridized carbons (Fsp3) is 0.500. The maximum absolute atomic E-state index is 12.1. The SMILES string of the molecule is CCC1OCCC1C(=O)Nc1cccc(CO)c1. The van der Waals surface area contributed by atoms with Crippen molar-refractivity contribution in [2.24, 2.45) is 5.92 Å². The van der Waals surface area contributed by atoms with E-state index in [0.717, 1.165) is 24.1 Å². The summed E-state index contributed by atoms with van der Waals surface area (Å²) in [5.74, 6) is -0.0535. The van der Waals surface area contributed by atoms with Crippen LogP contribution in [0.3, 0.4) is 0 Å². The third kappa shape index (κ3) is 2.89. The molecular formula is C14H19NO3. The van der Waals surface area contributed by atoms with Gasteiger partial charge in [-0.3, -0.25) is 4.79 Å². The van der Waals surface area contributed by atoms with Gasteiger partial charge in [-0.1, -0.05) is 19.1 Å². The first-order valence-electron chi connectivity index (χ1n) is 6.37. The number of amides is 1. The van der Waals surface area contributed by atoms with Crippen LogP contribution in [0.15, 0.2) is 24.3 Å². The summed E-state index contributed by atoms with van der Waals surface area (Å²) in [5, 5.41) is 11.9. The lowest BCUT2D eigenvalue weighted by Gasteiger charge is -2.16. The van der Waals surface area contributed by atoms with Crippen molar-refractivity contribution in [3.05, 3.63) is 29.8 Å². The monoisotopic (exact) mass is 249 g/mol. The molecule has 2 unspecified atom stereocenters. The van der Waals surface area contributed by atoms with Gasteiger partial charge in [-0.25, -0.2) is 0 Å². The lowest BCUT2D eigenvalue weighted by molar-refractivity contribution is -0.121. The Balaban J connectivity index is 2.02. The molecule has 1 aromatic rings. The van der Waals surface area contributed by atoms with Gasteiger partial charge in [0.1, 0.15) is 0 Å². The van der Waals surface area contributed by atoms with Crippen molar-refractivity contribution in [1.29, 1.82) is 0 Å². The molecule has 1 saturated heterocycles. The number of anilines is 1. The smallest absolute Gasteiger partial charge is 0.230 e. The zero-order valence-corrected chi connectivity index (χ0v) is 10.6. The van der Waals surface area contributed by atoms with Crippen LogP contribution in [0.4, 0.5) is 5.69 Å². The number of aliphatic hydroxyl groups is 1. The van der Waals surface area contributed by atoms with Gasteiger partial charge in [0.25, 0.3) is 0 Å². The van der Waals surface area contributed by atoms with Crippen molar-refractivity contribution in [3.8, 4) is 0 Å². The van der Waals surface area contributed by atoms with Crippen molar-refractivity contribution < 1.29 is 14.6 Å². The minimum Gasteiger partial charge on any atom is -0.392 e. The van der Waals surface area contributed by atoms with Crippen LogP contribution < -0.4 is 5.32 Å². The number of carbonyl (C=O) groups excluding carboxylic acids is 1. The molecule has 1 heterocycles. The first-order chi connectivity index (χ1) is 8.74. The van der Waals surface area contributed by atoms with Gasteiger partial charge in [0.15, 0.2) is 0 Å². The molecule has 2 rings (SSSR count). The minimum absolute atomic E-state index is 0.00874. The topological polar surface area (TPSA) is 58.6 Å². The molecule has 0 radical (unpaired) electrons. The minimum atomic E-state index is -0.0622. The third-order valence-corrected chi connectivity index (χ3v) is 3.33. The van der Waals surface area contributed by atoms with Crippen molar-refractivity contribution >= 4 is 11.6 Å². The summed E-state index contributed by atoms with van der Waals surface area (Å²) < 4.78 is 5.52. The molecular weight excluding hydrogens is 230 g/mol. The summed E-state index contributed by atoms with van der Waals surface area (Å²) in [6, 6.07) is 7.26. The van der Waals surface area contributed by atoms with Gasteiger partial charge in [0.2, 0.25) is 5.91 Å². The fourth-order valence-corrected chi connectivity index (χ4v) is 2.33. The lowest BCUT2D eigenvalue weighted by atomic mass is 9.98. The normalized spacial score (nSPS) is 23.0. The molecule has 18 heavy (non-hydrogen) atoms. The van der Waals surface area contributed by atoms with Crippen LogP contribution in [0.25, 0.3) is 0 Å². The molecule has 98 valence electrons. The Morgan fingerprint density at radius 3 is 3.11 bits per heavy atom. The van der Waals surface area contributed by atoms with Gasteiger partial charge in [-0.2, -0.15) is 0 Å². The zero-order valence-electron chi connectivity index (χ0n) is 10.6. The largest absolute Gasteiger partial charge is 0.392 e. The highest BCUT2D eigenvalue weighted by Crippen LogP contribution is 2.25. The van der Waals surface area contributed by atoms with Crippen LogP contribution in [0, 0.1) is 5.92 Å². The van der Waals surface area contributed by atoms with Crippen molar-refractivity contribution in [3.63, 3.8) is 0 Å². The number of hydrogen-bond acceptors (Lipinski definition) is 3. The molecule has 4 heteroatoms. The van der Waals surface area contributed by atoms with Crippen LogP contribution in [0.2, 0.25) is 0 Å². The summed E-state index contributed by atoms with van der Waals surface area (Å²) in [6.45, 7) is 2.67. The summed E-state index contributed by atoms with van der Waals surface area (Å²) >= 11 is 0. The number of ether oxygens (including phenoxy) is 1. The van der Waals surface area contributed by atoms with E-state index in [2.05, 4.69) is 5.32 Å². The van der Waals surface area contributed by atoms with Gasteiger partial charge in [0.05, 0.1) is 18.6 Å². The molecule has 2 N–H and O–H groups in total. The Morgan fingerprint density at radius 2 is 2.39 bits per heavy atom. The van der Waals surface area contributed by atoms with E-state index in [9.17, 15) is 4.79 Å². The standard InChI is InChI=1S/C14H19NO3/c1-2-13-12(6-7-18-13)14(17)15-11-5-3-4-10(8-11)9-16/h3-5,8,12-13,16H,2,6-7,9H2,1H3,(H,15,17). The van der Waals surface area contributed by atoms with Crippen molar-refractivity contribution in [2.45, 2.75) is 32.5 Å². The Hall–Kier alpha value is -1.39. The van der Waals surface area contributed by atoms with E-state index in [4.69, 9.17) is 9.84 Å². The number of nitrogens with one attached hydrogen (secondary N) is 1. The first-order valence-corrected chi connectivity index (χ1v) is 6.37. The van der Waals surface area contributed by atoms with Gasteiger partial charge < -0.3 is 15.2 Å². The molecule has 0 bridgehead atoms. The van der Waals surface area contributed by atoms with E-state index in [1.165, 1.54) is 0 Å². The highest BCUT2D eigenvalue weighted by atomic mass is 16.5. The third-order valence-electron chi connectivity index (χ3n) is 3.33. The van der Waals surface area contributed by atoms with Crippen LogP contribution >= 0.6 is 0 Å². The van der Waals surface area contributed by atoms with E-state index < -0.39 is 0 Å². The number of carbonyl (C=O) groups is 1. The molecule has 0 aliphatic carbocycles. The molecule has 1 aliphatic heterocycles. The second-order valence-electron chi connectivity index (χ2n) is 4.56. The van der Waals surface area contributed by atoms with Crippen LogP contribution in [-0.4, -0.2) is 23.7 Å². The van der Waals surface area contributed by atoms with Crippen LogP contribution in [-0.2, 0) is 16.1 Å². The predicted molar refractivity (Wildman–Crippen MR) is 69.1 cm³/mol. The van der Waals surface area contributed by atoms with Gasteiger partial charge in [-0.05, 0) is 30.5 Å². The molecule has 0 spiro atoms. The van der Waals surface area contributed by atoms with E-state index in [-0.39, 0.29) is 24.5 Å². The molecule has 0 aromatic heterocycles. The summed E-state index contributed by atoms with van der Waals surface area (Å²) in [7, 11) is 0. The lowest BCUT2D eigenvalue weighted by Crippen LogP contribution is -2.29. The summed E-state index contributed by atoms with van der Waals surface area (Å²) in [5.41, 5.74) is 1.52. The molecule has 1 aromatic carbocycles. The van der Waals surface area contributed by atoms with E-state index >= 15 is 0 Å². The highest BCUT2D eigenvalue weighted by molar-refractivity contribution is 5.93. The van der Waals surface area contributed by atoms with Gasteiger partial charge in [0, 0.05) is 12.3 Å². The van der Waals surface area contributed by atoms with E-state index in [0.29, 0.717) is 6.61 Å². The van der Waals surface area contributed by atoms with Crippen molar-refractivity contribution in [2.75, 3.05) is 11.9 Å². The number of benzene rings is 1. The number of rotatable bonds is 4. The Bertz CT molecular complexity index is 419. The van der Waals surface area contributed by atoms with Gasteiger partial charge >= 0.3 is 0 Å². The summed E-state index contributed by atoms with van der Waals surface area (Å²) in [6.07, 6.45) is 1.67. The first kappa shape index (κ1) is 13.1. The van der Waals surface area contributed by atoms with Crippen LogP contribution in [0.1, 0.15) is 25.3 Å². The molecule has 1 aliphatic rings. The molecule has 1 fully saturated rings. The Morgan fingerprint density at radius 1 is 1.56 bits per heavy atom. The van der Waals surface area contributed by atoms with Crippen molar-refractivity contribution in [1.82, 2.24) is 0 Å². The Kier molecular flexibility index (Phi) is 4.33. The average molecular weight is 249 g/mol. The van der Waals surface area contributed by atoms with E-state index in [1.54, 1.807) is 6.07 Å². The van der Waals surface area contributed by atoms with Gasteiger partial charge in [-0.15, -0.1) is 0 Å². The second-order valence-corrected chi connectivity index (χ2v) is 4.56. The quantitative estimate of drug-likeness (QED) is 0.857. The fourth-order valence-electron chi connectivity index (χ4n) is 2.33. The molecule has 4 nitrogen and oxygen atoms in total. The molecule has 1 amide bonds. The van der Waals surface area contributed by atoms with E-state index in [1.807, 2.05) is 25.1 Å². The van der Waals surface area contributed by atoms with Crippen LogP contribution in [0.5, 0.6) is 0 Å².